The van der Waals surface area contributed by atoms with Crippen LogP contribution in [-0.4, -0.2) is 21.4 Å². The van der Waals surface area contributed by atoms with E-state index in [0.717, 1.165) is 32.2 Å². The summed E-state index contributed by atoms with van der Waals surface area (Å²) < 4.78 is 1.78. The van der Waals surface area contributed by atoms with Gasteiger partial charge in [0, 0.05) is 5.69 Å². The quantitative estimate of drug-likeness (QED) is 0.806. The van der Waals surface area contributed by atoms with E-state index in [0.29, 0.717) is 5.56 Å². The largest absolute Gasteiger partial charge is 0.244 e. The van der Waals surface area contributed by atoms with Gasteiger partial charge in [0.05, 0.1) is 5.56 Å². The first-order valence-electron chi connectivity index (χ1n) is 6.28. The predicted molar refractivity (Wildman–Crippen MR) is 81.4 cm³/mol. The molecular formula is C13H12N4S3. The van der Waals surface area contributed by atoms with E-state index in [1.54, 1.807) is 11.8 Å². The third kappa shape index (κ3) is 2.82. The van der Waals surface area contributed by atoms with Crippen molar-refractivity contribution in [2.45, 2.75) is 39.4 Å². The second-order valence-corrected chi connectivity index (χ2v) is 7.67. The SMILES string of the molecule is CSc1nnc(Sc2nc3c(cc2C#N)CCCC3)s1. The van der Waals surface area contributed by atoms with Crippen molar-refractivity contribution >= 4 is 34.9 Å². The highest BCUT2D eigenvalue weighted by Crippen LogP contribution is 2.35. The molecule has 0 saturated heterocycles. The molecule has 0 N–H and O–H groups in total. The summed E-state index contributed by atoms with van der Waals surface area (Å²) in [5.74, 6) is 0. The van der Waals surface area contributed by atoms with Gasteiger partial charge in [-0.1, -0.05) is 23.1 Å². The van der Waals surface area contributed by atoms with Gasteiger partial charge in [-0.15, -0.1) is 10.2 Å². The van der Waals surface area contributed by atoms with Crippen LogP contribution in [0.4, 0.5) is 0 Å². The molecule has 2 aromatic heterocycles. The first kappa shape index (κ1) is 13.9. The van der Waals surface area contributed by atoms with E-state index in [1.807, 2.05) is 12.3 Å². The third-order valence-electron chi connectivity index (χ3n) is 3.13. The topological polar surface area (TPSA) is 62.5 Å². The van der Waals surface area contributed by atoms with Crippen LogP contribution in [0.1, 0.15) is 29.7 Å². The highest BCUT2D eigenvalue weighted by molar-refractivity contribution is 8.03. The molecule has 2 aromatic rings. The highest BCUT2D eigenvalue weighted by atomic mass is 32.2. The van der Waals surface area contributed by atoms with Crippen molar-refractivity contribution in [1.29, 1.82) is 5.26 Å². The van der Waals surface area contributed by atoms with Gasteiger partial charge in [0.15, 0.2) is 8.68 Å². The molecule has 2 heterocycles. The molecule has 0 saturated carbocycles. The van der Waals surface area contributed by atoms with Gasteiger partial charge in [-0.05, 0) is 55.3 Å². The Bertz CT molecular complexity index is 675. The van der Waals surface area contributed by atoms with Crippen molar-refractivity contribution in [3.05, 3.63) is 22.9 Å². The number of nitrogens with zero attached hydrogens (tertiary/aromatic N) is 4. The first-order valence-corrected chi connectivity index (χ1v) is 9.14. The lowest BCUT2D eigenvalue weighted by atomic mass is 9.95. The zero-order chi connectivity index (χ0) is 13.9. The number of fused-ring (bicyclic) bond motifs is 1. The molecule has 4 nitrogen and oxygen atoms in total. The van der Waals surface area contributed by atoms with Crippen molar-refractivity contribution in [3.8, 4) is 6.07 Å². The average Bonchev–Trinajstić information content (AvgIpc) is 2.94. The molecule has 0 unspecified atom stereocenters. The normalized spacial score (nSPS) is 13.8. The van der Waals surface area contributed by atoms with Crippen LogP contribution < -0.4 is 0 Å². The molecule has 20 heavy (non-hydrogen) atoms. The fourth-order valence-electron chi connectivity index (χ4n) is 2.18. The van der Waals surface area contributed by atoms with Crippen LogP contribution in [0, 0.1) is 11.3 Å². The van der Waals surface area contributed by atoms with E-state index in [2.05, 4.69) is 21.3 Å². The summed E-state index contributed by atoms with van der Waals surface area (Å²) in [5.41, 5.74) is 3.03. The fraction of sp³-hybridized carbons (Fsp3) is 0.385. The van der Waals surface area contributed by atoms with Crippen LogP contribution in [0.15, 0.2) is 19.8 Å². The summed E-state index contributed by atoms with van der Waals surface area (Å²) in [6, 6.07) is 4.25. The summed E-state index contributed by atoms with van der Waals surface area (Å²) in [6.07, 6.45) is 6.41. The smallest absolute Gasteiger partial charge is 0.181 e. The van der Waals surface area contributed by atoms with Crippen LogP contribution in [-0.2, 0) is 12.8 Å². The van der Waals surface area contributed by atoms with Crippen molar-refractivity contribution in [2.75, 3.05) is 6.26 Å². The molecule has 7 heteroatoms. The van der Waals surface area contributed by atoms with Crippen molar-refractivity contribution in [1.82, 2.24) is 15.2 Å². The molecule has 0 fully saturated rings. The molecule has 0 aromatic carbocycles. The lowest BCUT2D eigenvalue weighted by Gasteiger charge is -2.15. The lowest BCUT2D eigenvalue weighted by molar-refractivity contribution is 0.660. The van der Waals surface area contributed by atoms with Gasteiger partial charge >= 0.3 is 0 Å². The second kappa shape index (κ2) is 6.12. The number of nitriles is 1. The van der Waals surface area contributed by atoms with Crippen LogP contribution >= 0.6 is 34.9 Å². The minimum Gasteiger partial charge on any atom is -0.244 e. The Morgan fingerprint density at radius 2 is 2.05 bits per heavy atom. The van der Waals surface area contributed by atoms with Gasteiger partial charge in [-0.3, -0.25) is 0 Å². The van der Waals surface area contributed by atoms with Gasteiger partial charge in [0.2, 0.25) is 0 Å². The number of rotatable bonds is 3. The van der Waals surface area contributed by atoms with E-state index in [1.165, 1.54) is 41.5 Å². The van der Waals surface area contributed by atoms with E-state index >= 15 is 0 Å². The summed E-state index contributed by atoms with van der Waals surface area (Å²) in [7, 11) is 0. The molecule has 0 amide bonds. The number of aryl methyl sites for hydroxylation is 2. The zero-order valence-electron chi connectivity index (χ0n) is 10.9. The van der Waals surface area contributed by atoms with E-state index in [9.17, 15) is 5.26 Å². The molecule has 0 aliphatic heterocycles. The molecule has 0 radical (unpaired) electrons. The van der Waals surface area contributed by atoms with Gasteiger partial charge < -0.3 is 0 Å². The fourth-order valence-corrected chi connectivity index (χ4v) is 4.60. The Labute approximate surface area is 130 Å². The molecule has 0 atom stereocenters. The average molecular weight is 320 g/mol. The number of hydrogen-bond donors (Lipinski definition) is 0. The summed E-state index contributed by atoms with van der Waals surface area (Å²) in [4.78, 5) is 4.69. The number of hydrogen-bond acceptors (Lipinski definition) is 7. The van der Waals surface area contributed by atoms with Crippen LogP contribution in [0.5, 0.6) is 0 Å². The van der Waals surface area contributed by atoms with Gasteiger partial charge in [-0.25, -0.2) is 4.98 Å². The van der Waals surface area contributed by atoms with Crippen molar-refractivity contribution in [2.24, 2.45) is 0 Å². The number of aromatic nitrogens is 3. The Morgan fingerprint density at radius 3 is 2.80 bits per heavy atom. The Hall–Kier alpha value is -1.10. The van der Waals surface area contributed by atoms with Gasteiger partial charge in [0.25, 0.3) is 0 Å². The molecule has 0 spiro atoms. The molecule has 3 rings (SSSR count). The second-order valence-electron chi connectivity index (χ2n) is 4.41. The van der Waals surface area contributed by atoms with Crippen LogP contribution in [0.2, 0.25) is 0 Å². The van der Waals surface area contributed by atoms with Crippen LogP contribution in [0.3, 0.4) is 0 Å². The molecule has 1 aliphatic carbocycles. The third-order valence-corrected chi connectivity index (χ3v) is 6.09. The van der Waals surface area contributed by atoms with E-state index in [4.69, 9.17) is 0 Å². The first-order chi connectivity index (χ1) is 9.80. The zero-order valence-corrected chi connectivity index (χ0v) is 13.4. The molecular weight excluding hydrogens is 308 g/mol. The molecule has 1 aliphatic rings. The van der Waals surface area contributed by atoms with E-state index < -0.39 is 0 Å². The summed E-state index contributed by atoms with van der Waals surface area (Å²) in [5, 5.41) is 18.3. The standard InChI is InChI=1S/C13H12N4S3/c1-18-12-16-17-13(20-12)19-11-9(7-14)6-8-4-2-3-5-10(8)15-11/h6H,2-5H2,1H3. The minimum absolute atomic E-state index is 0.650. The molecule has 0 bridgehead atoms. The highest BCUT2D eigenvalue weighted by Gasteiger charge is 2.17. The molecule has 102 valence electrons. The van der Waals surface area contributed by atoms with Gasteiger partial charge in [-0.2, -0.15) is 5.26 Å². The van der Waals surface area contributed by atoms with Crippen LogP contribution in [0.25, 0.3) is 0 Å². The Balaban J connectivity index is 1.93. The number of pyridine rings is 1. The van der Waals surface area contributed by atoms with Crippen molar-refractivity contribution in [3.63, 3.8) is 0 Å². The van der Waals surface area contributed by atoms with Gasteiger partial charge in [0.1, 0.15) is 11.1 Å². The lowest BCUT2D eigenvalue weighted by Crippen LogP contribution is -2.07. The summed E-state index contributed by atoms with van der Waals surface area (Å²) >= 11 is 4.56. The Kier molecular flexibility index (Phi) is 4.24. The predicted octanol–water partition coefficient (Wildman–Crippen LogP) is 3.56. The monoisotopic (exact) mass is 320 g/mol. The van der Waals surface area contributed by atoms with Crippen molar-refractivity contribution < 1.29 is 0 Å². The summed E-state index contributed by atoms with van der Waals surface area (Å²) in [6.45, 7) is 0. The van der Waals surface area contributed by atoms with E-state index in [-0.39, 0.29) is 0 Å². The minimum atomic E-state index is 0.650. The maximum Gasteiger partial charge on any atom is 0.181 e. The Morgan fingerprint density at radius 1 is 1.25 bits per heavy atom. The maximum absolute atomic E-state index is 9.31. The maximum atomic E-state index is 9.31. The number of thioether (sulfide) groups is 1.